The van der Waals surface area contributed by atoms with Crippen molar-refractivity contribution in [3.8, 4) is 5.75 Å². The minimum Gasteiger partial charge on any atom is -0.497 e. The second-order valence-electron chi connectivity index (χ2n) is 3.68. The van der Waals surface area contributed by atoms with Gasteiger partial charge in [-0.1, -0.05) is 0 Å². The fourth-order valence-corrected chi connectivity index (χ4v) is 1.68. The fraction of sp³-hybridized carbons (Fsp3) is 0.364. The van der Waals surface area contributed by atoms with Gasteiger partial charge in [-0.15, -0.1) is 0 Å². The van der Waals surface area contributed by atoms with Gasteiger partial charge in [-0.05, 0) is 18.2 Å². The van der Waals surface area contributed by atoms with Crippen LogP contribution in [0.4, 0.5) is 0 Å². The average Bonchev–Trinajstić information content (AvgIpc) is 2.34. The van der Waals surface area contributed by atoms with E-state index in [0.29, 0.717) is 11.3 Å². The number of esters is 1. The number of ether oxygens (including phenoxy) is 2. The first-order valence-electron chi connectivity index (χ1n) is 4.79. The number of aliphatic hydroxyl groups is 2. The molecule has 0 radical (unpaired) electrons. The van der Waals surface area contributed by atoms with Crippen LogP contribution in [0.2, 0.25) is 0 Å². The van der Waals surface area contributed by atoms with E-state index < -0.39 is 18.2 Å². The summed E-state index contributed by atoms with van der Waals surface area (Å²) in [6.45, 7) is -0.761. The van der Waals surface area contributed by atoms with Gasteiger partial charge in [0, 0.05) is 5.56 Å². The van der Waals surface area contributed by atoms with Crippen molar-refractivity contribution < 1.29 is 24.5 Å². The third kappa shape index (κ3) is 1.54. The van der Waals surface area contributed by atoms with Gasteiger partial charge in [0.25, 0.3) is 0 Å². The van der Waals surface area contributed by atoms with E-state index >= 15 is 0 Å². The highest BCUT2D eigenvalue weighted by Crippen LogP contribution is 2.32. The third-order valence-corrected chi connectivity index (χ3v) is 2.65. The van der Waals surface area contributed by atoms with Crippen LogP contribution in [0.1, 0.15) is 15.9 Å². The molecule has 0 saturated carbocycles. The number of hydrogen-bond donors (Lipinski definition) is 2. The number of fused-ring (bicyclic) bond motifs is 1. The van der Waals surface area contributed by atoms with E-state index in [1.807, 2.05) is 0 Å². The molecule has 5 heteroatoms. The van der Waals surface area contributed by atoms with Gasteiger partial charge in [0.1, 0.15) is 18.0 Å². The molecule has 0 aliphatic carbocycles. The van der Waals surface area contributed by atoms with E-state index in [9.17, 15) is 9.90 Å². The van der Waals surface area contributed by atoms with Crippen molar-refractivity contribution >= 4 is 5.97 Å². The summed E-state index contributed by atoms with van der Waals surface area (Å²) in [4.78, 5) is 11.4. The van der Waals surface area contributed by atoms with Crippen molar-refractivity contribution in [2.24, 2.45) is 0 Å². The largest absolute Gasteiger partial charge is 0.497 e. The Morgan fingerprint density at radius 1 is 1.56 bits per heavy atom. The Balaban J connectivity index is 2.58. The number of rotatable bonds is 2. The summed E-state index contributed by atoms with van der Waals surface area (Å²) in [5.41, 5.74) is -0.952. The Labute approximate surface area is 92.2 Å². The van der Waals surface area contributed by atoms with Crippen LogP contribution < -0.4 is 4.74 Å². The van der Waals surface area contributed by atoms with E-state index in [4.69, 9.17) is 14.6 Å². The zero-order valence-corrected chi connectivity index (χ0v) is 8.77. The number of benzene rings is 1. The van der Waals surface area contributed by atoms with Crippen LogP contribution in [-0.2, 0) is 10.3 Å². The maximum atomic E-state index is 11.4. The lowest BCUT2D eigenvalue weighted by molar-refractivity contribution is -0.0769. The van der Waals surface area contributed by atoms with Gasteiger partial charge in [-0.3, -0.25) is 0 Å². The molecule has 0 aromatic heterocycles. The highest BCUT2D eigenvalue weighted by molar-refractivity contribution is 5.92. The SMILES string of the molecule is COc1ccc2c(c1)C(O)(CO)COC2=O. The number of hydrogen-bond acceptors (Lipinski definition) is 5. The van der Waals surface area contributed by atoms with Crippen LogP contribution in [0.5, 0.6) is 5.75 Å². The minimum absolute atomic E-state index is 0.248. The molecule has 2 N–H and O–H groups in total. The molecule has 1 aromatic carbocycles. The molecule has 16 heavy (non-hydrogen) atoms. The van der Waals surface area contributed by atoms with Crippen LogP contribution in [0, 0.1) is 0 Å². The monoisotopic (exact) mass is 224 g/mol. The molecule has 5 nitrogen and oxygen atoms in total. The third-order valence-electron chi connectivity index (χ3n) is 2.65. The summed E-state index contributed by atoms with van der Waals surface area (Å²) in [6, 6.07) is 4.64. The predicted octanol–water partition coefficient (Wildman–Crippen LogP) is 0.0455. The Hall–Kier alpha value is -1.59. The maximum Gasteiger partial charge on any atom is 0.338 e. The number of aliphatic hydroxyl groups excluding tert-OH is 1. The van der Waals surface area contributed by atoms with E-state index in [1.165, 1.54) is 19.2 Å². The summed E-state index contributed by atoms with van der Waals surface area (Å²) >= 11 is 0. The van der Waals surface area contributed by atoms with Crippen molar-refractivity contribution in [2.45, 2.75) is 5.60 Å². The first-order valence-corrected chi connectivity index (χ1v) is 4.79. The van der Waals surface area contributed by atoms with Gasteiger partial charge >= 0.3 is 5.97 Å². The number of carbonyl (C=O) groups excluding carboxylic acids is 1. The smallest absolute Gasteiger partial charge is 0.338 e. The average molecular weight is 224 g/mol. The second-order valence-corrected chi connectivity index (χ2v) is 3.68. The number of cyclic esters (lactones) is 1. The molecule has 1 atom stereocenters. The van der Waals surface area contributed by atoms with Crippen molar-refractivity contribution in [1.82, 2.24) is 0 Å². The summed E-state index contributed by atoms with van der Waals surface area (Å²) in [6.07, 6.45) is 0. The molecule has 0 saturated heterocycles. The topological polar surface area (TPSA) is 76.0 Å². The van der Waals surface area contributed by atoms with E-state index in [1.54, 1.807) is 6.07 Å². The first-order chi connectivity index (χ1) is 7.60. The van der Waals surface area contributed by atoms with E-state index in [2.05, 4.69) is 0 Å². The van der Waals surface area contributed by atoms with Crippen LogP contribution in [-0.4, -0.2) is 36.5 Å². The summed E-state index contributed by atoms with van der Waals surface area (Å²) in [5.74, 6) is 0.0103. The molecular weight excluding hydrogens is 212 g/mol. The lowest BCUT2D eigenvalue weighted by Gasteiger charge is -2.31. The summed E-state index contributed by atoms with van der Waals surface area (Å²) < 4.78 is 9.80. The highest BCUT2D eigenvalue weighted by atomic mass is 16.5. The van der Waals surface area contributed by atoms with Gasteiger partial charge in [-0.2, -0.15) is 0 Å². The Bertz CT molecular complexity index is 428. The van der Waals surface area contributed by atoms with Crippen molar-refractivity contribution in [3.05, 3.63) is 29.3 Å². The molecule has 1 aliphatic heterocycles. The minimum atomic E-state index is -1.54. The molecule has 1 heterocycles. The quantitative estimate of drug-likeness (QED) is 0.694. The molecular formula is C11H12O5. The van der Waals surface area contributed by atoms with Crippen molar-refractivity contribution in [2.75, 3.05) is 20.3 Å². The Morgan fingerprint density at radius 2 is 2.31 bits per heavy atom. The van der Waals surface area contributed by atoms with Crippen LogP contribution in [0.15, 0.2) is 18.2 Å². The molecule has 1 aromatic rings. The molecule has 0 amide bonds. The van der Waals surface area contributed by atoms with E-state index in [0.717, 1.165) is 0 Å². The molecule has 0 fully saturated rings. The van der Waals surface area contributed by atoms with E-state index in [-0.39, 0.29) is 12.2 Å². The lowest BCUT2D eigenvalue weighted by atomic mass is 9.89. The molecule has 1 unspecified atom stereocenters. The van der Waals surface area contributed by atoms with Gasteiger partial charge in [0.05, 0.1) is 19.3 Å². The van der Waals surface area contributed by atoms with Gasteiger partial charge in [0.2, 0.25) is 0 Å². The second kappa shape index (κ2) is 3.77. The Kier molecular flexibility index (Phi) is 2.57. The molecule has 0 spiro atoms. The lowest BCUT2D eigenvalue weighted by Crippen LogP contribution is -2.41. The molecule has 1 aliphatic rings. The van der Waals surface area contributed by atoms with Crippen LogP contribution in [0.25, 0.3) is 0 Å². The number of carbonyl (C=O) groups is 1. The molecule has 0 bridgehead atoms. The molecule has 2 rings (SSSR count). The normalized spacial score (nSPS) is 23.6. The number of methoxy groups -OCH3 is 1. The van der Waals surface area contributed by atoms with Crippen molar-refractivity contribution in [1.29, 1.82) is 0 Å². The van der Waals surface area contributed by atoms with Crippen molar-refractivity contribution in [3.63, 3.8) is 0 Å². The zero-order valence-electron chi connectivity index (χ0n) is 8.77. The zero-order chi connectivity index (χ0) is 11.8. The Morgan fingerprint density at radius 3 is 2.94 bits per heavy atom. The first kappa shape index (κ1) is 10.9. The summed E-state index contributed by atoms with van der Waals surface area (Å²) in [5, 5.41) is 19.3. The van der Waals surface area contributed by atoms with Gasteiger partial charge in [0.15, 0.2) is 0 Å². The standard InChI is InChI=1S/C11H12O5/c1-15-7-2-3-8-9(4-7)11(14,5-12)6-16-10(8)13/h2-4,12,14H,5-6H2,1H3. The van der Waals surface area contributed by atoms with Gasteiger partial charge in [-0.25, -0.2) is 4.79 Å². The summed E-state index contributed by atoms with van der Waals surface area (Å²) in [7, 11) is 1.49. The predicted molar refractivity (Wildman–Crippen MR) is 54.3 cm³/mol. The van der Waals surface area contributed by atoms with Gasteiger partial charge < -0.3 is 19.7 Å². The molecule has 86 valence electrons. The highest BCUT2D eigenvalue weighted by Gasteiger charge is 2.39. The fourth-order valence-electron chi connectivity index (χ4n) is 1.68. The van der Waals surface area contributed by atoms with Crippen LogP contribution in [0.3, 0.4) is 0 Å². The maximum absolute atomic E-state index is 11.4. The van der Waals surface area contributed by atoms with Crippen LogP contribution >= 0.6 is 0 Å².